The number of nitrogens with zero attached hydrogens (tertiary/aromatic N) is 2. The summed E-state index contributed by atoms with van der Waals surface area (Å²) in [4.78, 5) is 13.7. The summed E-state index contributed by atoms with van der Waals surface area (Å²) in [6.07, 6.45) is 1.59. The predicted octanol–water partition coefficient (Wildman–Crippen LogP) is 5.76. The van der Waals surface area contributed by atoms with Crippen LogP contribution in [0.5, 0.6) is 5.75 Å². The van der Waals surface area contributed by atoms with E-state index in [9.17, 15) is 18.9 Å². The van der Waals surface area contributed by atoms with Crippen LogP contribution in [0.3, 0.4) is 0 Å². The molecule has 1 heterocycles. The summed E-state index contributed by atoms with van der Waals surface area (Å²) in [7, 11) is 0. The molecule has 4 aromatic rings. The summed E-state index contributed by atoms with van der Waals surface area (Å²) in [6, 6.07) is 27.6. The third-order valence-corrected chi connectivity index (χ3v) is 7.76. The minimum absolute atomic E-state index is 0.0462. The number of hydrogen-bond acceptors (Lipinski definition) is 6. The van der Waals surface area contributed by atoms with Crippen LogP contribution >= 0.6 is 0 Å². The van der Waals surface area contributed by atoms with E-state index in [-0.39, 0.29) is 17.4 Å². The Morgan fingerprint density at radius 1 is 0.919 bits per heavy atom. The summed E-state index contributed by atoms with van der Waals surface area (Å²) in [5.74, 6) is 0.442. The summed E-state index contributed by atoms with van der Waals surface area (Å²) < 4.78 is 31.3. The maximum absolute atomic E-state index is 12.5. The van der Waals surface area contributed by atoms with Crippen LogP contribution in [-0.4, -0.2) is 37.8 Å². The molecule has 0 bridgehead atoms. The van der Waals surface area contributed by atoms with Gasteiger partial charge in [-0.2, -0.15) is 0 Å². The predicted molar refractivity (Wildman–Crippen MR) is 143 cm³/mol. The lowest BCUT2D eigenvalue weighted by Crippen LogP contribution is -2.37. The smallest absolute Gasteiger partial charge is 0.274 e. The minimum atomic E-state index is -2.64. The molecule has 1 fully saturated rings. The Bertz CT molecular complexity index is 1420. The minimum Gasteiger partial charge on any atom is -0.772 e. The molecular weight excluding hydrogens is 488 g/mol. The lowest BCUT2D eigenvalue weighted by molar-refractivity contribution is -0.385. The van der Waals surface area contributed by atoms with Crippen LogP contribution in [0.25, 0.3) is 10.8 Å². The molecular formula is C29H27N2O5S-. The average molecular weight is 516 g/mol. The Morgan fingerprint density at radius 3 is 2.35 bits per heavy atom. The molecule has 37 heavy (non-hydrogen) atoms. The quantitative estimate of drug-likeness (QED) is 0.168. The van der Waals surface area contributed by atoms with Crippen molar-refractivity contribution in [2.24, 2.45) is 0 Å². The molecule has 0 aromatic heterocycles. The van der Waals surface area contributed by atoms with Gasteiger partial charge in [0, 0.05) is 25.7 Å². The van der Waals surface area contributed by atoms with Gasteiger partial charge in [-0.05, 0) is 58.0 Å². The first-order valence-corrected chi connectivity index (χ1v) is 13.4. The second-order valence-electron chi connectivity index (χ2n) is 9.27. The van der Waals surface area contributed by atoms with E-state index in [1.807, 2.05) is 48.5 Å². The van der Waals surface area contributed by atoms with E-state index < -0.39 is 21.3 Å². The first-order valence-electron chi connectivity index (χ1n) is 12.3. The second-order valence-corrected chi connectivity index (χ2v) is 10.3. The van der Waals surface area contributed by atoms with Gasteiger partial charge < -0.3 is 9.29 Å². The van der Waals surface area contributed by atoms with Crippen LogP contribution in [-0.2, 0) is 17.6 Å². The van der Waals surface area contributed by atoms with Crippen LogP contribution in [0.15, 0.2) is 91.0 Å². The largest absolute Gasteiger partial charge is 0.772 e. The van der Waals surface area contributed by atoms with E-state index in [4.69, 9.17) is 4.74 Å². The van der Waals surface area contributed by atoms with Gasteiger partial charge in [-0.25, -0.2) is 0 Å². The number of hydrogen-bond donors (Lipinski definition) is 0. The zero-order valence-corrected chi connectivity index (χ0v) is 21.0. The number of benzene rings is 4. The summed E-state index contributed by atoms with van der Waals surface area (Å²) in [5, 5.41) is 12.3. The van der Waals surface area contributed by atoms with Gasteiger partial charge in [0.15, 0.2) is 0 Å². The summed E-state index contributed by atoms with van der Waals surface area (Å²) >= 11 is -2.64. The Morgan fingerprint density at radius 2 is 1.62 bits per heavy atom. The zero-order chi connectivity index (χ0) is 25.8. The molecule has 2 unspecified atom stereocenters. The van der Waals surface area contributed by atoms with E-state index in [1.54, 1.807) is 18.2 Å². The molecule has 0 radical (unpaired) electrons. The molecule has 4 aromatic carbocycles. The fraction of sp³-hybridized carbons (Fsp3) is 0.241. The van der Waals surface area contributed by atoms with Crippen LogP contribution in [0.4, 0.5) is 5.69 Å². The Labute approximate surface area is 218 Å². The molecule has 5 rings (SSSR count). The average Bonchev–Trinajstić information content (AvgIpc) is 2.90. The topological polar surface area (TPSA) is 95.7 Å². The fourth-order valence-electron chi connectivity index (χ4n) is 5.06. The maximum Gasteiger partial charge on any atom is 0.274 e. The molecule has 190 valence electrons. The highest BCUT2D eigenvalue weighted by molar-refractivity contribution is 7.79. The van der Waals surface area contributed by atoms with Crippen LogP contribution in [0, 0.1) is 10.1 Å². The van der Waals surface area contributed by atoms with Gasteiger partial charge in [-0.3, -0.25) is 19.2 Å². The van der Waals surface area contributed by atoms with Gasteiger partial charge in [-0.15, -0.1) is 0 Å². The molecule has 1 aliphatic rings. The third-order valence-electron chi connectivity index (χ3n) is 6.86. The number of fused-ring (bicyclic) bond motifs is 1. The van der Waals surface area contributed by atoms with Gasteiger partial charge in [0.1, 0.15) is 11.9 Å². The Hall–Kier alpha value is -3.59. The van der Waals surface area contributed by atoms with Crippen LogP contribution in [0.1, 0.15) is 34.8 Å². The van der Waals surface area contributed by atoms with E-state index in [0.717, 1.165) is 43.2 Å². The number of nitro groups is 1. The van der Waals surface area contributed by atoms with Crippen LogP contribution in [0.2, 0.25) is 0 Å². The first-order chi connectivity index (χ1) is 18.0. The second kappa shape index (κ2) is 11.2. The maximum atomic E-state index is 12.5. The summed E-state index contributed by atoms with van der Waals surface area (Å²) in [6.45, 7) is 2.64. The molecule has 0 spiro atoms. The number of piperidine rings is 1. The van der Waals surface area contributed by atoms with Gasteiger partial charge in [0.2, 0.25) is 0 Å². The highest BCUT2D eigenvalue weighted by Gasteiger charge is 2.28. The van der Waals surface area contributed by atoms with Crippen molar-refractivity contribution in [1.82, 2.24) is 4.90 Å². The molecule has 8 heteroatoms. The lowest BCUT2D eigenvalue weighted by Gasteiger charge is -2.32. The highest BCUT2D eigenvalue weighted by atomic mass is 32.2. The van der Waals surface area contributed by atoms with Crippen molar-refractivity contribution in [1.29, 1.82) is 0 Å². The molecule has 2 atom stereocenters. The number of rotatable bonds is 8. The molecule has 7 nitrogen and oxygen atoms in total. The first kappa shape index (κ1) is 25.1. The standard InChI is InChI=1S/C29H28N2O5S/c32-31(33)28-14-13-24(36-23-15-17-30(18-16-23)20-21-7-2-1-3-8-21)19-27(28)29(37(34)35)26-12-6-10-22-9-4-5-11-25(22)26/h1-14,19,23,29H,15-18,20H2,(H,34,35)/p-1. The molecule has 0 saturated carbocycles. The normalized spacial score (nSPS) is 16.4. The molecule has 1 saturated heterocycles. The van der Waals surface area contributed by atoms with Crippen molar-refractivity contribution in [3.8, 4) is 5.75 Å². The number of ether oxygens (including phenoxy) is 1. The van der Waals surface area contributed by atoms with Gasteiger partial charge >= 0.3 is 0 Å². The molecule has 0 N–H and O–H groups in total. The van der Waals surface area contributed by atoms with Crippen molar-refractivity contribution in [3.63, 3.8) is 0 Å². The van der Waals surface area contributed by atoms with E-state index >= 15 is 0 Å². The van der Waals surface area contributed by atoms with Crippen molar-refractivity contribution in [2.45, 2.75) is 30.7 Å². The van der Waals surface area contributed by atoms with Gasteiger partial charge in [-0.1, -0.05) is 72.8 Å². The zero-order valence-electron chi connectivity index (χ0n) is 20.2. The number of nitro benzene ring substituents is 1. The Kier molecular flexibility index (Phi) is 7.60. The third kappa shape index (κ3) is 5.72. The lowest BCUT2D eigenvalue weighted by atomic mass is 9.96. The van der Waals surface area contributed by atoms with E-state index in [2.05, 4.69) is 17.0 Å². The summed E-state index contributed by atoms with van der Waals surface area (Å²) in [5.41, 5.74) is 1.63. The monoisotopic (exact) mass is 515 g/mol. The van der Waals surface area contributed by atoms with Gasteiger partial charge in [0.25, 0.3) is 5.69 Å². The molecule has 0 amide bonds. The highest BCUT2D eigenvalue weighted by Crippen LogP contribution is 2.39. The van der Waals surface area contributed by atoms with Crippen molar-refractivity contribution in [2.75, 3.05) is 13.1 Å². The number of likely N-dealkylation sites (tertiary alicyclic amines) is 1. The fourth-order valence-corrected chi connectivity index (χ4v) is 5.86. The SMILES string of the molecule is O=[N+]([O-])c1ccc(OC2CCN(Cc3ccccc3)CC2)cc1C(c1cccc2ccccc12)S(=O)[O-]. The van der Waals surface area contributed by atoms with Crippen molar-refractivity contribution >= 4 is 27.5 Å². The van der Waals surface area contributed by atoms with Crippen molar-refractivity contribution < 1.29 is 18.4 Å². The Balaban J connectivity index is 1.39. The molecule has 0 aliphatic carbocycles. The van der Waals surface area contributed by atoms with Crippen molar-refractivity contribution in [3.05, 3.63) is 118 Å². The van der Waals surface area contributed by atoms with Crippen LogP contribution < -0.4 is 4.74 Å². The molecule has 1 aliphatic heterocycles. The van der Waals surface area contributed by atoms with E-state index in [1.165, 1.54) is 17.7 Å². The van der Waals surface area contributed by atoms with Gasteiger partial charge in [0.05, 0.1) is 15.7 Å². The van der Waals surface area contributed by atoms with E-state index in [0.29, 0.717) is 11.3 Å².